The highest BCUT2D eigenvalue weighted by atomic mass is 16.3. The number of rotatable bonds is 8. The first-order chi connectivity index (χ1) is 14.5. The molecule has 4 N–H and O–H groups in total. The van der Waals surface area contributed by atoms with Gasteiger partial charge in [-0.05, 0) is 53.8 Å². The normalized spacial score (nSPS) is 12.4. The van der Waals surface area contributed by atoms with Gasteiger partial charge in [-0.15, -0.1) is 0 Å². The third kappa shape index (κ3) is 3.75. The summed E-state index contributed by atoms with van der Waals surface area (Å²) in [6, 6.07) is 14.3. The van der Waals surface area contributed by atoms with Crippen LogP contribution >= 0.6 is 0 Å². The maximum Gasteiger partial charge on any atom is 0.293 e. The summed E-state index contributed by atoms with van der Waals surface area (Å²) in [4.78, 5) is 0. The second-order valence-corrected chi connectivity index (χ2v) is 6.65. The summed E-state index contributed by atoms with van der Waals surface area (Å²) in [5.41, 5.74) is 5.05. The lowest BCUT2D eigenvalue weighted by Gasteiger charge is -2.14. The zero-order valence-electron chi connectivity index (χ0n) is 18.7. The van der Waals surface area contributed by atoms with Crippen LogP contribution < -0.4 is 0 Å². The van der Waals surface area contributed by atoms with E-state index in [-0.39, 0.29) is 11.5 Å². The minimum Gasteiger partial charge on any atom is -0.508 e. The molecule has 134 valence electrons. The first-order valence-corrected chi connectivity index (χ1v) is 8.36. The van der Waals surface area contributed by atoms with Crippen molar-refractivity contribution >= 4 is 0 Å². The van der Waals surface area contributed by atoms with E-state index in [1.165, 1.54) is 6.07 Å². The van der Waals surface area contributed by atoms with Crippen molar-refractivity contribution in [3.63, 3.8) is 0 Å². The molecule has 4 heteroatoms. The van der Waals surface area contributed by atoms with Crippen LogP contribution in [0.5, 0.6) is 23.0 Å². The number of hydrogen-bond donors (Lipinski definition) is 4. The minimum absolute atomic E-state index is 0.266. The molecular formula is C22H22O4. The molecule has 4 nitrogen and oxygen atoms in total. The van der Waals surface area contributed by atoms with Crippen molar-refractivity contribution in [1.82, 2.24) is 0 Å². The lowest BCUT2D eigenvalue weighted by atomic mass is 9.94. The molecule has 0 aliphatic rings. The van der Waals surface area contributed by atoms with E-state index in [4.69, 9.17) is 21.1 Å². The summed E-state index contributed by atoms with van der Waals surface area (Å²) < 4.78 is 29.3. The van der Waals surface area contributed by atoms with Crippen LogP contribution in [-0.2, 0) is 12.8 Å². The Balaban J connectivity index is 2.01. The zero-order chi connectivity index (χ0) is 21.7. The number of aryl methyl sites for hydroxylation is 2. The summed E-state index contributed by atoms with van der Waals surface area (Å²) in [5, 5.41) is 18.9. The van der Waals surface area contributed by atoms with Crippen LogP contribution in [0.1, 0.15) is 33.4 Å². The van der Waals surface area contributed by atoms with Gasteiger partial charge in [0.05, 0.1) is 0 Å². The zero-order valence-corrected chi connectivity index (χ0v) is 14.7. The Kier molecular flexibility index (Phi) is 3.53. The van der Waals surface area contributed by atoms with Crippen LogP contribution in [0, 0.1) is 13.8 Å². The van der Waals surface area contributed by atoms with Gasteiger partial charge in [0.2, 0.25) is 0 Å². The number of benzene rings is 3. The van der Waals surface area contributed by atoms with E-state index in [2.05, 4.69) is 5.11 Å². The standard InChI is InChI=1S/C22H22O4/c1-13-3-4-15(20(24)9-13)10-17-7-14(2)8-18(22(17)26)11-16-5-6-19(23)12-21(16)25/h3-9,12,23-26H,10-11H2,1-2H3/i/hD4. The molecule has 0 saturated heterocycles. The summed E-state index contributed by atoms with van der Waals surface area (Å²) in [7, 11) is 0. The molecular weight excluding hydrogens is 328 g/mol. The van der Waals surface area contributed by atoms with E-state index in [0.717, 1.165) is 27.8 Å². The molecule has 0 unspecified atom stereocenters. The fourth-order valence-corrected chi connectivity index (χ4v) is 3.09. The van der Waals surface area contributed by atoms with Crippen LogP contribution in [0.4, 0.5) is 0 Å². The highest BCUT2D eigenvalue weighted by molar-refractivity contribution is 5.51. The Morgan fingerprint density at radius 1 is 0.654 bits per heavy atom. The average molecular weight is 354 g/mol. The molecule has 3 aromatic rings. The van der Waals surface area contributed by atoms with Crippen LogP contribution in [0.2, 0.25) is 0 Å². The SMILES string of the molecule is [2H]Oc1ccc(Cc2cc(C)cc(Cc3ccc(C)cc3O[2H])c2O[2H])c(O[2H])c1. The quantitative estimate of drug-likeness (QED) is 0.486. The molecule has 0 fully saturated rings. The van der Waals surface area contributed by atoms with Gasteiger partial charge >= 0.3 is 0 Å². The van der Waals surface area contributed by atoms with E-state index in [9.17, 15) is 0 Å². The minimum atomic E-state index is 0.266. The van der Waals surface area contributed by atoms with E-state index in [1.54, 1.807) is 18.2 Å². The Hall–Kier alpha value is -3.14. The van der Waals surface area contributed by atoms with Crippen LogP contribution in [0.25, 0.3) is 0 Å². The second-order valence-electron chi connectivity index (χ2n) is 6.65. The van der Waals surface area contributed by atoms with Crippen LogP contribution in [0.3, 0.4) is 0 Å². The molecule has 0 spiro atoms. The van der Waals surface area contributed by atoms with Crippen molar-refractivity contribution in [2.45, 2.75) is 26.7 Å². The lowest BCUT2D eigenvalue weighted by molar-refractivity contribution is 0.445. The van der Waals surface area contributed by atoms with Gasteiger partial charge in [0.25, 0.3) is 5.72 Å². The molecule has 0 saturated carbocycles. The third-order valence-corrected chi connectivity index (χ3v) is 4.41. The Morgan fingerprint density at radius 2 is 1.31 bits per heavy atom. The first kappa shape index (κ1) is 13.1. The summed E-state index contributed by atoms with van der Waals surface area (Å²) in [5.74, 6) is 1.41. The summed E-state index contributed by atoms with van der Waals surface area (Å²) >= 11 is 0. The van der Waals surface area contributed by atoms with Crippen LogP contribution in [0.15, 0.2) is 48.5 Å². The smallest absolute Gasteiger partial charge is 0.293 e. The molecule has 3 rings (SSSR count). The molecule has 0 aromatic heterocycles. The molecule has 0 bridgehead atoms. The predicted octanol–water partition coefficient (Wildman–Crippen LogP) is 4.31. The van der Waals surface area contributed by atoms with Gasteiger partial charge in [0.15, 0.2) is 0 Å². The van der Waals surface area contributed by atoms with Gasteiger partial charge in [-0.3, -0.25) is 0 Å². The van der Waals surface area contributed by atoms with E-state index >= 15 is 0 Å². The molecule has 0 heterocycles. The molecule has 26 heavy (non-hydrogen) atoms. The molecule has 0 amide bonds. The summed E-state index contributed by atoms with van der Waals surface area (Å²) in [6.45, 7) is 3.88. The van der Waals surface area contributed by atoms with Crippen molar-refractivity contribution < 1.29 is 20.4 Å². The van der Waals surface area contributed by atoms with Gasteiger partial charge in [-0.25, -0.2) is 0 Å². The molecule has 0 aliphatic heterocycles. The Labute approximate surface area is 158 Å². The highest BCUT2D eigenvalue weighted by Gasteiger charge is 2.14. The Bertz CT molecular complexity index is 1040. The van der Waals surface area contributed by atoms with Crippen molar-refractivity contribution in [3.8, 4) is 23.0 Å². The van der Waals surface area contributed by atoms with E-state index in [0.29, 0.717) is 29.9 Å². The fraction of sp³-hybridized carbons (Fsp3) is 0.182. The molecule has 0 radical (unpaired) electrons. The van der Waals surface area contributed by atoms with Gasteiger partial charge in [-0.1, -0.05) is 35.9 Å². The van der Waals surface area contributed by atoms with Crippen molar-refractivity contribution in [1.29, 1.82) is 5.72 Å². The molecule has 0 aliphatic carbocycles. The van der Waals surface area contributed by atoms with Gasteiger partial charge in [0.1, 0.15) is 23.0 Å². The highest BCUT2D eigenvalue weighted by Crippen LogP contribution is 2.33. The first-order valence-electron chi connectivity index (χ1n) is 9.99. The number of phenols is 4. The number of hydrogen-bond acceptors (Lipinski definition) is 4. The maximum atomic E-state index is 7.64. The van der Waals surface area contributed by atoms with Gasteiger partial charge in [0, 0.05) is 18.9 Å². The monoisotopic (exact) mass is 354 g/mol. The molecule has 3 aromatic carbocycles. The number of aromatic hydroxyl groups is 4. The predicted molar refractivity (Wildman–Crippen MR) is 101 cm³/mol. The van der Waals surface area contributed by atoms with Crippen molar-refractivity contribution in [3.05, 3.63) is 81.9 Å². The van der Waals surface area contributed by atoms with E-state index in [1.807, 2.05) is 38.1 Å². The lowest BCUT2D eigenvalue weighted by Crippen LogP contribution is -1.97. The van der Waals surface area contributed by atoms with E-state index < -0.39 is 0 Å². The van der Waals surface area contributed by atoms with Crippen molar-refractivity contribution in [2.75, 3.05) is 0 Å². The topological polar surface area (TPSA) is 80.9 Å². The summed E-state index contributed by atoms with van der Waals surface area (Å²) in [6.07, 6.45) is 0.801. The largest absolute Gasteiger partial charge is 0.508 e. The number of phenolic OH excluding ortho intramolecular Hbond substituents is 4. The van der Waals surface area contributed by atoms with Gasteiger partial charge in [-0.2, -0.15) is 0 Å². The third-order valence-electron chi connectivity index (χ3n) is 4.41. The van der Waals surface area contributed by atoms with Gasteiger partial charge < -0.3 is 20.4 Å². The van der Waals surface area contributed by atoms with Crippen LogP contribution in [-0.4, -0.2) is 26.2 Å². The second kappa shape index (κ2) is 7.00. The van der Waals surface area contributed by atoms with Crippen molar-refractivity contribution in [2.24, 2.45) is 0 Å². The average Bonchev–Trinajstić information content (AvgIpc) is 2.75. The molecule has 0 atom stereocenters. The Morgan fingerprint density at radius 3 is 1.92 bits per heavy atom. The maximum absolute atomic E-state index is 7.64. The fourth-order valence-electron chi connectivity index (χ4n) is 3.09.